The van der Waals surface area contributed by atoms with Gasteiger partial charge in [-0.3, -0.25) is 4.79 Å². The number of aliphatic hydroxyl groups excluding tert-OH is 1. The van der Waals surface area contributed by atoms with E-state index in [-0.39, 0.29) is 0 Å². The summed E-state index contributed by atoms with van der Waals surface area (Å²) in [7, 11) is 2.90. The van der Waals surface area contributed by atoms with E-state index >= 15 is 0 Å². The third-order valence-corrected chi connectivity index (χ3v) is 2.59. The summed E-state index contributed by atoms with van der Waals surface area (Å²) in [6, 6.07) is 0. The van der Waals surface area contributed by atoms with E-state index in [0.29, 0.717) is 0 Å². The minimum Gasteiger partial charge on any atom is -0.457 e. The summed E-state index contributed by atoms with van der Waals surface area (Å²) in [5.74, 6) is -0.422. The van der Waals surface area contributed by atoms with Crippen LogP contribution in [-0.2, 0) is 23.7 Å². The van der Waals surface area contributed by atoms with Gasteiger partial charge in [-0.25, -0.2) is 0 Å². The van der Waals surface area contributed by atoms with E-state index in [1.54, 1.807) is 6.92 Å². The van der Waals surface area contributed by atoms with Crippen molar-refractivity contribution in [3.63, 3.8) is 0 Å². The Hall–Kier alpha value is -0.690. The largest absolute Gasteiger partial charge is 0.457 e. The molecule has 1 aliphatic rings. The lowest BCUT2D eigenvalue weighted by Gasteiger charge is -2.41. The Morgan fingerprint density at radius 3 is 2.19 bits per heavy atom. The highest BCUT2D eigenvalue weighted by molar-refractivity contribution is 5.66. The van der Waals surface area contributed by atoms with E-state index in [2.05, 4.69) is 0 Å². The van der Waals surface area contributed by atoms with Crippen LogP contribution in [0, 0.1) is 0 Å². The molecule has 1 rings (SSSR count). The molecule has 0 radical (unpaired) electrons. The molecule has 0 aromatic carbocycles. The van der Waals surface area contributed by atoms with Crippen molar-refractivity contribution in [2.75, 3.05) is 14.2 Å². The molecular formula is C10H18O6. The minimum atomic E-state index is -1.09. The third-order valence-electron chi connectivity index (χ3n) is 2.59. The highest BCUT2D eigenvalue weighted by Crippen LogP contribution is 2.26. The fraction of sp³-hybridized carbons (Fsp3) is 0.900. The molecule has 0 bridgehead atoms. The molecule has 0 amide bonds. The quantitative estimate of drug-likeness (QED) is 0.675. The fourth-order valence-corrected chi connectivity index (χ4v) is 1.86. The zero-order chi connectivity index (χ0) is 12.3. The first kappa shape index (κ1) is 13.4. The summed E-state index contributed by atoms with van der Waals surface area (Å²) in [6.45, 7) is 3.01. The van der Waals surface area contributed by atoms with Gasteiger partial charge >= 0.3 is 5.97 Å². The van der Waals surface area contributed by atoms with Gasteiger partial charge in [0.1, 0.15) is 12.2 Å². The van der Waals surface area contributed by atoms with Crippen molar-refractivity contribution in [3.05, 3.63) is 0 Å². The molecule has 5 atom stereocenters. The van der Waals surface area contributed by atoms with Gasteiger partial charge in [0.05, 0.1) is 6.10 Å². The lowest BCUT2D eigenvalue weighted by Crippen LogP contribution is -2.59. The zero-order valence-electron chi connectivity index (χ0n) is 9.88. The second-order valence-electron chi connectivity index (χ2n) is 3.71. The standard InChI is InChI=1S/C10H18O6/c1-5-7(16-6(2)11)8(13-3)9(14-4)10(12)15-5/h5,7-10,12H,1-4H3. The minimum absolute atomic E-state index is 0.422. The SMILES string of the molecule is COC1C(O)OC(C)C(OC(C)=O)C1OC. The number of hydrogen-bond donors (Lipinski definition) is 1. The average Bonchev–Trinajstić information content (AvgIpc) is 2.20. The highest BCUT2D eigenvalue weighted by atomic mass is 16.7. The number of rotatable bonds is 3. The van der Waals surface area contributed by atoms with Crippen LogP contribution in [0.25, 0.3) is 0 Å². The molecule has 1 saturated heterocycles. The van der Waals surface area contributed by atoms with Crippen LogP contribution in [0.5, 0.6) is 0 Å². The summed E-state index contributed by atoms with van der Waals surface area (Å²) >= 11 is 0. The molecule has 0 saturated carbocycles. The van der Waals surface area contributed by atoms with Gasteiger partial charge in [0.25, 0.3) is 0 Å². The van der Waals surface area contributed by atoms with E-state index in [1.807, 2.05) is 0 Å². The normalized spacial score (nSPS) is 39.4. The van der Waals surface area contributed by atoms with Crippen molar-refractivity contribution < 1.29 is 28.8 Å². The second kappa shape index (κ2) is 5.58. The van der Waals surface area contributed by atoms with Gasteiger partial charge in [-0.05, 0) is 6.92 Å². The van der Waals surface area contributed by atoms with Gasteiger partial charge in [0.15, 0.2) is 12.4 Å². The van der Waals surface area contributed by atoms with Crippen LogP contribution in [0.4, 0.5) is 0 Å². The van der Waals surface area contributed by atoms with E-state index in [0.717, 1.165) is 0 Å². The van der Waals surface area contributed by atoms with Crippen LogP contribution in [0.2, 0.25) is 0 Å². The molecule has 5 unspecified atom stereocenters. The van der Waals surface area contributed by atoms with Crippen LogP contribution >= 0.6 is 0 Å². The maximum absolute atomic E-state index is 11.0. The zero-order valence-corrected chi connectivity index (χ0v) is 9.88. The van der Waals surface area contributed by atoms with Crippen LogP contribution in [-0.4, -0.2) is 56.0 Å². The second-order valence-corrected chi connectivity index (χ2v) is 3.71. The van der Waals surface area contributed by atoms with Crippen LogP contribution < -0.4 is 0 Å². The van der Waals surface area contributed by atoms with Crippen molar-refractivity contribution in [2.24, 2.45) is 0 Å². The first-order valence-corrected chi connectivity index (χ1v) is 5.07. The van der Waals surface area contributed by atoms with Crippen molar-refractivity contribution in [3.8, 4) is 0 Å². The van der Waals surface area contributed by atoms with Gasteiger partial charge in [0.2, 0.25) is 0 Å². The summed E-state index contributed by atoms with van der Waals surface area (Å²) < 4.78 is 20.6. The molecule has 94 valence electrons. The van der Waals surface area contributed by atoms with Gasteiger partial charge < -0.3 is 24.1 Å². The monoisotopic (exact) mass is 234 g/mol. The molecule has 1 heterocycles. The van der Waals surface area contributed by atoms with Crippen molar-refractivity contribution >= 4 is 5.97 Å². The Morgan fingerprint density at radius 1 is 1.19 bits per heavy atom. The molecular weight excluding hydrogens is 216 g/mol. The topological polar surface area (TPSA) is 74.2 Å². The summed E-state index contributed by atoms with van der Waals surface area (Å²) in [5, 5.41) is 9.63. The Morgan fingerprint density at radius 2 is 1.75 bits per heavy atom. The molecule has 0 aromatic heterocycles. The Labute approximate surface area is 94.4 Å². The molecule has 6 heteroatoms. The summed E-state index contributed by atoms with van der Waals surface area (Å²) in [4.78, 5) is 11.0. The van der Waals surface area contributed by atoms with Gasteiger partial charge in [-0.1, -0.05) is 0 Å². The van der Waals surface area contributed by atoms with E-state index in [4.69, 9.17) is 18.9 Å². The fourth-order valence-electron chi connectivity index (χ4n) is 1.86. The smallest absolute Gasteiger partial charge is 0.303 e. The molecule has 0 spiro atoms. The number of ether oxygens (including phenoxy) is 4. The highest BCUT2D eigenvalue weighted by Gasteiger charge is 2.46. The molecule has 1 aliphatic heterocycles. The summed E-state index contributed by atoms with van der Waals surface area (Å²) in [6.07, 6.45) is -3.35. The predicted octanol–water partition coefficient (Wildman–Crippen LogP) is -0.315. The molecule has 1 N–H and O–H groups in total. The summed E-state index contributed by atoms with van der Waals surface area (Å²) in [5.41, 5.74) is 0. The third kappa shape index (κ3) is 2.70. The Bertz CT molecular complexity index is 243. The van der Waals surface area contributed by atoms with Crippen LogP contribution in [0.3, 0.4) is 0 Å². The van der Waals surface area contributed by atoms with Crippen LogP contribution in [0.1, 0.15) is 13.8 Å². The Kier molecular flexibility index (Phi) is 4.67. The van der Waals surface area contributed by atoms with E-state index in [1.165, 1.54) is 21.1 Å². The maximum Gasteiger partial charge on any atom is 0.303 e. The van der Waals surface area contributed by atoms with E-state index < -0.39 is 36.7 Å². The number of methoxy groups -OCH3 is 2. The molecule has 16 heavy (non-hydrogen) atoms. The van der Waals surface area contributed by atoms with Crippen molar-refractivity contribution in [1.29, 1.82) is 0 Å². The van der Waals surface area contributed by atoms with Crippen LogP contribution in [0.15, 0.2) is 0 Å². The number of aliphatic hydroxyl groups is 1. The van der Waals surface area contributed by atoms with E-state index in [9.17, 15) is 9.90 Å². The van der Waals surface area contributed by atoms with Crippen molar-refractivity contribution in [1.82, 2.24) is 0 Å². The molecule has 0 aliphatic carbocycles. The van der Waals surface area contributed by atoms with Gasteiger partial charge in [-0.2, -0.15) is 0 Å². The molecule has 0 aromatic rings. The Balaban J connectivity index is 2.82. The lowest BCUT2D eigenvalue weighted by molar-refractivity contribution is -0.290. The number of carbonyl (C=O) groups excluding carboxylic acids is 1. The predicted molar refractivity (Wildman–Crippen MR) is 53.7 cm³/mol. The first-order chi connectivity index (χ1) is 7.51. The molecule has 1 fully saturated rings. The number of esters is 1. The lowest BCUT2D eigenvalue weighted by atomic mass is 9.99. The van der Waals surface area contributed by atoms with Gasteiger partial charge in [-0.15, -0.1) is 0 Å². The van der Waals surface area contributed by atoms with Crippen molar-refractivity contribution in [2.45, 2.75) is 44.6 Å². The number of carbonyl (C=O) groups is 1. The number of hydrogen-bond acceptors (Lipinski definition) is 6. The average molecular weight is 234 g/mol. The maximum atomic E-state index is 11.0. The van der Waals surface area contributed by atoms with Gasteiger partial charge in [0, 0.05) is 21.1 Å². The molecule has 6 nitrogen and oxygen atoms in total. The first-order valence-electron chi connectivity index (χ1n) is 5.07.